The molecule has 1 aromatic carbocycles. The Balaban J connectivity index is 1.83. The van der Waals surface area contributed by atoms with Gasteiger partial charge in [0.15, 0.2) is 5.82 Å². The van der Waals surface area contributed by atoms with Gasteiger partial charge in [0.2, 0.25) is 5.56 Å². The van der Waals surface area contributed by atoms with Gasteiger partial charge in [-0.25, -0.2) is 17.6 Å². The van der Waals surface area contributed by atoms with Crippen molar-refractivity contribution in [2.75, 3.05) is 43.4 Å². The van der Waals surface area contributed by atoms with Crippen molar-refractivity contribution in [1.29, 1.82) is 0 Å². The summed E-state index contributed by atoms with van der Waals surface area (Å²) in [4.78, 5) is 30.8. The number of carbonyl (C=O) groups is 1. The van der Waals surface area contributed by atoms with Crippen LogP contribution in [0.15, 0.2) is 29.2 Å². The number of piperazine rings is 1. The number of carbonyl (C=O) groups excluding carboxylic acids is 1. The topological polar surface area (TPSA) is 80.5 Å². The Morgan fingerprint density at radius 1 is 1.17 bits per heavy atom. The quantitative estimate of drug-likeness (QED) is 0.538. The first-order valence-corrected chi connectivity index (χ1v) is 11.8. The van der Waals surface area contributed by atoms with E-state index in [2.05, 4.69) is 20.5 Å². The van der Waals surface area contributed by atoms with E-state index in [1.54, 1.807) is 11.0 Å². The molecule has 2 aliphatic heterocycles. The summed E-state index contributed by atoms with van der Waals surface area (Å²) in [5, 5.41) is 5.49. The average Bonchev–Trinajstić information content (AvgIpc) is 2.84. The van der Waals surface area contributed by atoms with Crippen molar-refractivity contribution in [1.82, 2.24) is 15.2 Å². The minimum atomic E-state index is -3.10. The average molecular weight is 508 g/mol. The van der Waals surface area contributed by atoms with Gasteiger partial charge < -0.3 is 20.5 Å². The Bertz CT molecular complexity index is 1230. The summed E-state index contributed by atoms with van der Waals surface area (Å²) >= 11 is 0. The highest BCUT2D eigenvalue weighted by atomic mass is 19.3. The number of aromatic amines is 1. The van der Waals surface area contributed by atoms with E-state index in [0.717, 1.165) is 6.20 Å². The van der Waals surface area contributed by atoms with E-state index < -0.39 is 40.7 Å². The number of nitrogens with zero attached hydrogens (tertiary/aromatic N) is 2. The summed E-state index contributed by atoms with van der Waals surface area (Å²) in [6.07, 6.45) is 0.0914. The van der Waals surface area contributed by atoms with Gasteiger partial charge in [-0.2, -0.15) is 0 Å². The summed E-state index contributed by atoms with van der Waals surface area (Å²) in [7, 11) is 1.96. The van der Waals surface area contributed by atoms with Gasteiger partial charge in [0.05, 0.1) is 16.8 Å². The lowest BCUT2D eigenvalue weighted by molar-refractivity contribution is 0.101. The molecule has 1 fully saturated rings. The summed E-state index contributed by atoms with van der Waals surface area (Å²) in [6.45, 7) is 5.76. The van der Waals surface area contributed by atoms with Crippen LogP contribution in [0.3, 0.4) is 0 Å². The lowest BCUT2D eigenvalue weighted by atomic mass is 9.98. The number of anilines is 2. The molecule has 0 saturated carbocycles. The third kappa shape index (κ3) is 5.03. The number of nitrogens with one attached hydrogen (secondary N) is 3. The number of hydrogen-bond donors (Lipinski definition) is 3. The molecule has 11 heteroatoms. The maximum Gasteiger partial charge on any atom is 0.264 e. The van der Waals surface area contributed by atoms with Gasteiger partial charge in [-0.15, -0.1) is 0 Å². The van der Waals surface area contributed by atoms with E-state index in [0.29, 0.717) is 37.7 Å². The molecule has 3 heterocycles. The maximum atomic E-state index is 16.0. The number of likely N-dealkylation sites (N-methyl/N-ethyl adjacent to an activating group) is 1. The van der Waals surface area contributed by atoms with Crippen molar-refractivity contribution in [3.63, 3.8) is 0 Å². The molecule has 4 rings (SSSR count). The van der Waals surface area contributed by atoms with E-state index >= 15 is 8.78 Å². The van der Waals surface area contributed by atoms with Crippen molar-refractivity contribution in [3.8, 4) is 0 Å². The first kappa shape index (κ1) is 25.9. The lowest BCUT2D eigenvalue weighted by Gasteiger charge is -2.44. The summed E-state index contributed by atoms with van der Waals surface area (Å²) in [5.41, 5.74) is -2.10. The van der Waals surface area contributed by atoms with E-state index in [4.69, 9.17) is 0 Å². The number of rotatable bonds is 5. The minimum Gasteiger partial charge on any atom is -0.367 e. The Kier molecular flexibility index (Phi) is 7.51. The van der Waals surface area contributed by atoms with Gasteiger partial charge >= 0.3 is 0 Å². The molecule has 1 aromatic heterocycles. The van der Waals surface area contributed by atoms with E-state index in [9.17, 15) is 18.4 Å². The fraction of sp³-hybridized carbons (Fsp3) is 0.440. The zero-order chi connectivity index (χ0) is 26.1. The van der Waals surface area contributed by atoms with Crippen LogP contribution in [0.1, 0.15) is 48.2 Å². The highest BCUT2D eigenvalue weighted by Gasteiger charge is 2.32. The minimum absolute atomic E-state index is 0.0537. The van der Waals surface area contributed by atoms with Gasteiger partial charge in [0.25, 0.3) is 12.3 Å². The zero-order valence-corrected chi connectivity index (χ0v) is 20.3. The van der Waals surface area contributed by atoms with Crippen molar-refractivity contribution in [2.45, 2.75) is 38.8 Å². The number of amides is 1. The fourth-order valence-electron chi connectivity index (χ4n) is 4.75. The van der Waals surface area contributed by atoms with Crippen molar-refractivity contribution in [3.05, 3.63) is 63.1 Å². The Morgan fingerprint density at radius 2 is 1.86 bits per heavy atom. The van der Waals surface area contributed by atoms with Crippen LogP contribution in [-0.4, -0.2) is 61.1 Å². The number of H-pyrrole nitrogens is 1. The van der Waals surface area contributed by atoms with Gasteiger partial charge in [-0.3, -0.25) is 14.5 Å². The number of hydrogen-bond acceptors (Lipinski definition) is 5. The number of alkyl halides is 2. The maximum absolute atomic E-state index is 16.0. The molecule has 2 atom stereocenters. The third-order valence-corrected chi connectivity index (χ3v) is 6.92. The van der Waals surface area contributed by atoms with Crippen LogP contribution in [0.2, 0.25) is 0 Å². The standard InChI is InChI=1S/C25H29F4N5O2/c1-13-11-34(12-14(2)33(13)3)19-8-18(26)21(15-5-4-6-30-9-15)22(27)23(19)32-25(36)17-10-31-20(35)7-16(17)24(28)29/h5,7-8,10,13-14,24,30H,4,6,9,11-12H2,1-3H3,(H,31,35)(H,32,36)/t13-,14+. The number of aromatic nitrogens is 1. The molecule has 1 saturated heterocycles. The highest BCUT2D eigenvalue weighted by molar-refractivity contribution is 6.07. The molecule has 2 aromatic rings. The Hall–Kier alpha value is -3.18. The lowest BCUT2D eigenvalue weighted by Crippen LogP contribution is -2.55. The van der Waals surface area contributed by atoms with Crippen LogP contribution in [0, 0.1) is 11.6 Å². The second-order valence-corrected chi connectivity index (χ2v) is 9.33. The summed E-state index contributed by atoms with van der Waals surface area (Å²) in [6, 6.07) is 1.93. The number of benzene rings is 1. The molecule has 2 aliphatic rings. The van der Waals surface area contributed by atoms with Crippen molar-refractivity contribution in [2.24, 2.45) is 0 Å². The van der Waals surface area contributed by atoms with Crippen LogP contribution in [0.25, 0.3) is 5.57 Å². The highest BCUT2D eigenvalue weighted by Crippen LogP contribution is 2.38. The predicted molar refractivity (Wildman–Crippen MR) is 131 cm³/mol. The van der Waals surface area contributed by atoms with Crippen LogP contribution in [0.4, 0.5) is 28.9 Å². The van der Waals surface area contributed by atoms with E-state index in [1.807, 2.05) is 20.9 Å². The van der Waals surface area contributed by atoms with Crippen LogP contribution in [0.5, 0.6) is 0 Å². The largest absolute Gasteiger partial charge is 0.367 e. The van der Waals surface area contributed by atoms with Gasteiger partial charge in [0.1, 0.15) is 11.5 Å². The normalized spacial score (nSPS) is 21.0. The molecule has 1 amide bonds. The first-order valence-electron chi connectivity index (χ1n) is 11.8. The molecular weight excluding hydrogens is 478 g/mol. The second-order valence-electron chi connectivity index (χ2n) is 9.33. The van der Waals surface area contributed by atoms with Crippen LogP contribution >= 0.6 is 0 Å². The molecule has 0 bridgehead atoms. The van der Waals surface area contributed by atoms with Crippen LogP contribution < -0.4 is 21.1 Å². The molecule has 0 aliphatic carbocycles. The van der Waals surface area contributed by atoms with Crippen molar-refractivity contribution < 1.29 is 22.4 Å². The zero-order valence-electron chi connectivity index (χ0n) is 20.3. The summed E-state index contributed by atoms with van der Waals surface area (Å²) in [5.74, 6) is -2.78. The predicted octanol–water partition coefficient (Wildman–Crippen LogP) is 3.75. The molecule has 7 nitrogen and oxygen atoms in total. The van der Waals surface area contributed by atoms with Crippen molar-refractivity contribution >= 4 is 22.9 Å². The van der Waals surface area contributed by atoms with Gasteiger partial charge in [0, 0.05) is 55.6 Å². The smallest absolute Gasteiger partial charge is 0.264 e. The Morgan fingerprint density at radius 3 is 2.47 bits per heavy atom. The molecule has 0 radical (unpaired) electrons. The van der Waals surface area contributed by atoms with Crippen LogP contribution in [-0.2, 0) is 0 Å². The molecule has 0 spiro atoms. The van der Waals surface area contributed by atoms with Gasteiger partial charge in [-0.05, 0) is 39.4 Å². The van der Waals surface area contributed by atoms with Gasteiger partial charge in [-0.1, -0.05) is 6.08 Å². The number of halogens is 4. The molecule has 36 heavy (non-hydrogen) atoms. The second kappa shape index (κ2) is 10.4. The van der Waals surface area contributed by atoms with E-state index in [1.165, 1.54) is 6.07 Å². The van der Waals surface area contributed by atoms with E-state index in [-0.39, 0.29) is 35.6 Å². The molecule has 3 N–H and O–H groups in total. The first-order chi connectivity index (χ1) is 17.1. The molecule has 194 valence electrons. The third-order valence-electron chi connectivity index (χ3n) is 6.92. The number of pyridine rings is 1. The molecule has 0 unspecified atom stereocenters. The molecular formula is C25H29F4N5O2. The SMILES string of the molecule is C[C@@H]1CN(c2cc(F)c(C3=CCCNC3)c(F)c2NC(=O)c2c[nH]c(=O)cc2C(F)F)C[C@H](C)N1C. The monoisotopic (exact) mass is 507 g/mol. The summed E-state index contributed by atoms with van der Waals surface area (Å²) < 4.78 is 58.5. The Labute approximate surface area is 206 Å². The fourth-order valence-corrected chi connectivity index (χ4v) is 4.75.